The summed E-state index contributed by atoms with van der Waals surface area (Å²) in [6, 6.07) is -0.388. The molecule has 1 amide bonds. The first kappa shape index (κ1) is 12.1. The number of aryl methyl sites for hydroxylation is 1. The van der Waals surface area contributed by atoms with Gasteiger partial charge in [-0.15, -0.1) is 0 Å². The van der Waals surface area contributed by atoms with E-state index >= 15 is 0 Å². The quantitative estimate of drug-likeness (QED) is 0.653. The average molecular weight is 258 g/mol. The Morgan fingerprint density at radius 1 is 1.59 bits per heavy atom. The van der Waals surface area contributed by atoms with Gasteiger partial charge in [0, 0.05) is 25.4 Å². The minimum atomic E-state index is -3.62. The summed E-state index contributed by atoms with van der Waals surface area (Å²) in [5, 5.41) is 2.60. The minimum Gasteiger partial charge on any atom is -0.354 e. The number of carbonyl (C=O) groups excluding carboxylic acids is 1. The molecule has 1 aromatic heterocycles. The molecule has 8 heteroatoms. The van der Waals surface area contributed by atoms with Gasteiger partial charge in [0.2, 0.25) is 5.91 Å². The van der Waals surface area contributed by atoms with Crippen molar-refractivity contribution in [2.75, 3.05) is 6.54 Å². The Morgan fingerprint density at radius 3 is 2.88 bits per heavy atom. The highest BCUT2D eigenvalue weighted by molar-refractivity contribution is 7.89. The Hall–Kier alpha value is -1.41. The lowest BCUT2D eigenvalue weighted by molar-refractivity contribution is -0.119. The van der Waals surface area contributed by atoms with E-state index in [1.165, 1.54) is 6.20 Å². The van der Waals surface area contributed by atoms with Crippen molar-refractivity contribution >= 4 is 15.9 Å². The van der Waals surface area contributed by atoms with Crippen molar-refractivity contribution in [2.45, 2.75) is 30.8 Å². The van der Waals surface area contributed by atoms with Crippen LogP contribution in [0.3, 0.4) is 0 Å². The number of aromatic amines is 1. The molecule has 17 heavy (non-hydrogen) atoms. The van der Waals surface area contributed by atoms with Crippen LogP contribution in [-0.2, 0) is 21.2 Å². The molecule has 1 unspecified atom stereocenters. The second-order valence-electron chi connectivity index (χ2n) is 3.87. The van der Waals surface area contributed by atoms with E-state index in [1.807, 2.05) is 6.92 Å². The first-order valence-corrected chi connectivity index (χ1v) is 6.82. The monoisotopic (exact) mass is 258 g/mol. The van der Waals surface area contributed by atoms with Crippen molar-refractivity contribution in [1.29, 1.82) is 0 Å². The summed E-state index contributed by atoms with van der Waals surface area (Å²) in [7, 11) is -3.62. The second-order valence-corrected chi connectivity index (χ2v) is 5.56. The fourth-order valence-corrected chi connectivity index (χ4v) is 2.81. The molecule has 3 N–H and O–H groups in total. The third-order valence-electron chi connectivity index (χ3n) is 2.53. The highest BCUT2D eigenvalue weighted by Gasteiger charge is 2.27. The molecular formula is C9H14N4O3S. The van der Waals surface area contributed by atoms with E-state index in [1.54, 1.807) is 0 Å². The van der Waals surface area contributed by atoms with Crippen molar-refractivity contribution in [2.24, 2.45) is 0 Å². The first-order chi connectivity index (χ1) is 8.01. The lowest BCUT2D eigenvalue weighted by atomic mass is 10.3. The topological polar surface area (TPSA) is 104 Å². The number of carbonyl (C=O) groups is 1. The molecule has 0 saturated carbocycles. The molecule has 0 aliphatic carbocycles. The number of nitrogens with zero attached hydrogens (tertiary/aromatic N) is 1. The van der Waals surface area contributed by atoms with Crippen molar-refractivity contribution in [1.82, 2.24) is 20.0 Å². The lowest BCUT2D eigenvalue weighted by Crippen LogP contribution is -2.36. The maximum absolute atomic E-state index is 11.9. The minimum absolute atomic E-state index is 0.0358. The number of aromatic nitrogens is 2. The van der Waals surface area contributed by atoms with Crippen LogP contribution in [0.5, 0.6) is 0 Å². The number of hydrogen-bond donors (Lipinski definition) is 3. The van der Waals surface area contributed by atoms with E-state index in [-0.39, 0.29) is 23.4 Å². The van der Waals surface area contributed by atoms with Crippen molar-refractivity contribution in [3.8, 4) is 0 Å². The second kappa shape index (κ2) is 4.46. The number of hydrogen-bond acceptors (Lipinski definition) is 4. The molecule has 1 aromatic rings. The Labute approximate surface area is 99.1 Å². The van der Waals surface area contributed by atoms with Crippen LogP contribution in [0.2, 0.25) is 0 Å². The summed E-state index contributed by atoms with van der Waals surface area (Å²) >= 11 is 0. The van der Waals surface area contributed by atoms with Crippen molar-refractivity contribution < 1.29 is 13.2 Å². The first-order valence-electron chi connectivity index (χ1n) is 5.34. The standard InChI is InChI=1S/C9H14N4O3S/c1-2-7-10-5-9(12-7)17(15,16)13-6-3-8(14)11-4-6/h5-6,13H,2-4H2,1H3,(H,10,12)(H,11,14). The number of rotatable bonds is 4. The maximum atomic E-state index is 11.9. The Kier molecular flexibility index (Phi) is 3.16. The molecule has 1 saturated heterocycles. The Morgan fingerprint density at radius 2 is 2.35 bits per heavy atom. The van der Waals surface area contributed by atoms with Gasteiger partial charge >= 0.3 is 0 Å². The Balaban J connectivity index is 2.10. The number of sulfonamides is 1. The van der Waals surface area contributed by atoms with E-state index in [4.69, 9.17) is 0 Å². The SMILES string of the molecule is CCc1ncc(S(=O)(=O)NC2CNC(=O)C2)[nH]1. The zero-order valence-electron chi connectivity index (χ0n) is 9.36. The van der Waals surface area contributed by atoms with Gasteiger partial charge in [0.05, 0.1) is 6.20 Å². The molecule has 0 radical (unpaired) electrons. The number of imidazole rings is 1. The molecule has 1 atom stereocenters. The normalized spacial score (nSPS) is 20.5. The number of amides is 1. The molecule has 2 rings (SSSR count). The molecule has 1 aliphatic rings. The van der Waals surface area contributed by atoms with Crippen LogP contribution in [0, 0.1) is 0 Å². The lowest BCUT2D eigenvalue weighted by Gasteiger charge is -2.09. The van der Waals surface area contributed by atoms with Crippen LogP contribution in [0.4, 0.5) is 0 Å². The number of nitrogens with one attached hydrogen (secondary N) is 3. The highest BCUT2D eigenvalue weighted by Crippen LogP contribution is 2.09. The summed E-state index contributed by atoms with van der Waals surface area (Å²) in [4.78, 5) is 17.6. The van der Waals surface area contributed by atoms with Gasteiger partial charge in [0.15, 0.2) is 5.03 Å². The number of H-pyrrole nitrogens is 1. The molecular weight excluding hydrogens is 244 g/mol. The third-order valence-corrected chi connectivity index (χ3v) is 3.96. The maximum Gasteiger partial charge on any atom is 0.257 e. The van der Waals surface area contributed by atoms with Crippen LogP contribution in [0.15, 0.2) is 11.2 Å². The molecule has 94 valence electrons. The van der Waals surface area contributed by atoms with E-state index in [2.05, 4.69) is 20.0 Å². The Bertz CT molecular complexity index is 522. The van der Waals surface area contributed by atoms with Crippen LogP contribution in [0.1, 0.15) is 19.2 Å². The van der Waals surface area contributed by atoms with Gasteiger partial charge in [0.25, 0.3) is 10.0 Å². The van der Waals surface area contributed by atoms with E-state index < -0.39 is 10.0 Å². The predicted molar refractivity (Wildman–Crippen MR) is 59.7 cm³/mol. The molecule has 0 spiro atoms. The molecule has 2 heterocycles. The summed E-state index contributed by atoms with van der Waals surface area (Å²) in [5.74, 6) is 0.475. The van der Waals surface area contributed by atoms with Gasteiger partial charge in [-0.2, -0.15) is 0 Å². The van der Waals surface area contributed by atoms with Crippen LogP contribution < -0.4 is 10.0 Å². The fourth-order valence-electron chi connectivity index (χ4n) is 1.63. The summed E-state index contributed by atoms with van der Waals surface area (Å²) in [6.45, 7) is 2.20. The van der Waals surface area contributed by atoms with E-state index in [0.29, 0.717) is 18.8 Å². The predicted octanol–water partition coefficient (Wildman–Crippen LogP) is -0.861. The zero-order chi connectivity index (χ0) is 12.5. The average Bonchev–Trinajstić information content (AvgIpc) is 2.86. The van der Waals surface area contributed by atoms with Gasteiger partial charge in [-0.05, 0) is 0 Å². The molecule has 0 aromatic carbocycles. The largest absolute Gasteiger partial charge is 0.354 e. The molecule has 1 aliphatic heterocycles. The van der Waals surface area contributed by atoms with Crippen LogP contribution in [0.25, 0.3) is 0 Å². The summed E-state index contributed by atoms with van der Waals surface area (Å²) in [6.07, 6.45) is 2.10. The third kappa shape index (κ3) is 2.64. The molecule has 0 bridgehead atoms. The van der Waals surface area contributed by atoms with Gasteiger partial charge in [-0.3, -0.25) is 4.79 Å². The van der Waals surface area contributed by atoms with Crippen LogP contribution >= 0.6 is 0 Å². The molecule has 1 fully saturated rings. The fraction of sp³-hybridized carbons (Fsp3) is 0.556. The van der Waals surface area contributed by atoms with Gasteiger partial charge in [-0.25, -0.2) is 18.1 Å². The molecule has 7 nitrogen and oxygen atoms in total. The zero-order valence-corrected chi connectivity index (χ0v) is 10.2. The van der Waals surface area contributed by atoms with E-state index in [0.717, 1.165) is 0 Å². The summed E-state index contributed by atoms with van der Waals surface area (Å²) < 4.78 is 26.3. The van der Waals surface area contributed by atoms with Crippen molar-refractivity contribution in [3.05, 3.63) is 12.0 Å². The van der Waals surface area contributed by atoms with Crippen molar-refractivity contribution in [3.63, 3.8) is 0 Å². The highest BCUT2D eigenvalue weighted by atomic mass is 32.2. The van der Waals surface area contributed by atoms with Gasteiger partial charge in [0.1, 0.15) is 5.82 Å². The van der Waals surface area contributed by atoms with Crippen LogP contribution in [-0.4, -0.2) is 36.9 Å². The summed E-state index contributed by atoms with van der Waals surface area (Å²) in [5.41, 5.74) is 0. The van der Waals surface area contributed by atoms with E-state index in [9.17, 15) is 13.2 Å². The van der Waals surface area contributed by atoms with Gasteiger partial charge in [-0.1, -0.05) is 6.92 Å². The smallest absolute Gasteiger partial charge is 0.257 e. The van der Waals surface area contributed by atoms with Gasteiger partial charge < -0.3 is 10.3 Å².